The fourth-order valence-corrected chi connectivity index (χ4v) is 2.11. The van der Waals surface area contributed by atoms with Crippen LogP contribution >= 0.6 is 0 Å². The molecule has 0 rings (SSSR count). The van der Waals surface area contributed by atoms with E-state index in [4.69, 9.17) is 0 Å². The first-order valence-electron chi connectivity index (χ1n) is 5.67. The van der Waals surface area contributed by atoms with Gasteiger partial charge in [-0.25, -0.2) is 4.72 Å². The molecule has 0 heterocycles. The van der Waals surface area contributed by atoms with Gasteiger partial charge in [0.25, 0.3) is 10.2 Å². The largest absolute Gasteiger partial charge is 0.390 e. The smallest absolute Gasteiger partial charge is 0.317 e. The van der Waals surface area contributed by atoms with Crippen LogP contribution in [0, 0.1) is 0 Å². The maximum atomic E-state index is 11.9. The number of alkyl halides is 3. The van der Waals surface area contributed by atoms with E-state index in [0.29, 0.717) is 13.0 Å². The molecule has 0 atom stereocenters. The molecular formula is C9H20F3N3O2S. The molecule has 0 spiro atoms. The number of nitrogens with one attached hydrogen (secondary N) is 2. The zero-order chi connectivity index (χ0) is 14.2. The normalized spacial score (nSPS) is 13.2. The molecule has 0 aromatic rings. The maximum absolute atomic E-state index is 11.9. The molecule has 0 aromatic carbocycles. The van der Waals surface area contributed by atoms with Gasteiger partial charge in [-0.05, 0) is 19.5 Å². The molecule has 0 saturated carbocycles. The summed E-state index contributed by atoms with van der Waals surface area (Å²) in [6.07, 6.45) is -4.92. The molecule has 0 fully saturated rings. The standard InChI is InChI=1S/C9H20F3N3O2S/c1-3-13-6-4-8-15(2)18(16,17)14-7-5-9(10,11)12/h13-14H,3-8H2,1-2H3. The monoisotopic (exact) mass is 291 g/mol. The summed E-state index contributed by atoms with van der Waals surface area (Å²) in [5.74, 6) is 0. The molecule has 5 nitrogen and oxygen atoms in total. The van der Waals surface area contributed by atoms with E-state index < -0.39 is 29.4 Å². The molecule has 0 aliphatic rings. The molecular weight excluding hydrogens is 271 g/mol. The summed E-state index contributed by atoms with van der Waals surface area (Å²) in [5.41, 5.74) is 0. The fourth-order valence-electron chi connectivity index (χ4n) is 1.16. The van der Waals surface area contributed by atoms with Gasteiger partial charge in [0.1, 0.15) is 0 Å². The van der Waals surface area contributed by atoms with Crippen LogP contribution in [-0.2, 0) is 10.2 Å². The minimum absolute atomic E-state index is 0.258. The summed E-state index contributed by atoms with van der Waals surface area (Å²) in [4.78, 5) is 0. The second kappa shape index (κ2) is 7.93. The van der Waals surface area contributed by atoms with Gasteiger partial charge in [-0.3, -0.25) is 0 Å². The second-order valence-electron chi connectivity index (χ2n) is 3.79. The van der Waals surface area contributed by atoms with Crippen molar-refractivity contribution >= 4 is 10.2 Å². The van der Waals surface area contributed by atoms with Crippen molar-refractivity contribution in [3.05, 3.63) is 0 Å². The van der Waals surface area contributed by atoms with E-state index in [-0.39, 0.29) is 6.54 Å². The highest BCUT2D eigenvalue weighted by molar-refractivity contribution is 7.87. The Balaban J connectivity index is 3.96. The summed E-state index contributed by atoms with van der Waals surface area (Å²) < 4.78 is 61.5. The van der Waals surface area contributed by atoms with E-state index in [1.165, 1.54) is 7.05 Å². The van der Waals surface area contributed by atoms with Gasteiger partial charge in [0.2, 0.25) is 0 Å². The number of nitrogens with zero attached hydrogens (tertiary/aromatic N) is 1. The lowest BCUT2D eigenvalue weighted by atomic mass is 10.4. The lowest BCUT2D eigenvalue weighted by Gasteiger charge is -2.18. The topological polar surface area (TPSA) is 61.4 Å². The van der Waals surface area contributed by atoms with Gasteiger partial charge in [0.15, 0.2) is 0 Å². The van der Waals surface area contributed by atoms with Gasteiger partial charge < -0.3 is 5.32 Å². The van der Waals surface area contributed by atoms with Gasteiger partial charge in [-0.2, -0.15) is 25.9 Å². The SMILES string of the molecule is CCNCCCN(C)S(=O)(=O)NCCC(F)(F)F. The number of hydrogen-bond acceptors (Lipinski definition) is 3. The summed E-state index contributed by atoms with van der Waals surface area (Å²) in [6.45, 7) is 3.01. The third-order valence-corrected chi connectivity index (χ3v) is 3.75. The summed E-state index contributed by atoms with van der Waals surface area (Å²) in [5, 5.41) is 3.03. The highest BCUT2D eigenvalue weighted by Crippen LogP contribution is 2.18. The molecule has 0 aliphatic carbocycles. The van der Waals surface area contributed by atoms with Crippen molar-refractivity contribution in [2.75, 3.05) is 33.2 Å². The molecule has 0 unspecified atom stereocenters. The number of rotatable bonds is 9. The van der Waals surface area contributed by atoms with Crippen molar-refractivity contribution in [3.63, 3.8) is 0 Å². The maximum Gasteiger partial charge on any atom is 0.390 e. The number of hydrogen-bond donors (Lipinski definition) is 2. The molecule has 2 N–H and O–H groups in total. The van der Waals surface area contributed by atoms with Crippen molar-refractivity contribution in [3.8, 4) is 0 Å². The van der Waals surface area contributed by atoms with Crippen LogP contribution in [0.15, 0.2) is 0 Å². The van der Waals surface area contributed by atoms with E-state index in [1.54, 1.807) is 0 Å². The molecule has 0 amide bonds. The van der Waals surface area contributed by atoms with Crippen LogP contribution in [0.4, 0.5) is 13.2 Å². The van der Waals surface area contributed by atoms with Crippen LogP contribution < -0.4 is 10.0 Å². The molecule has 0 radical (unpaired) electrons. The van der Waals surface area contributed by atoms with E-state index >= 15 is 0 Å². The quantitative estimate of drug-likeness (QED) is 0.615. The Hall–Kier alpha value is -0.380. The first-order valence-corrected chi connectivity index (χ1v) is 7.11. The van der Waals surface area contributed by atoms with E-state index in [1.807, 2.05) is 11.6 Å². The van der Waals surface area contributed by atoms with E-state index in [0.717, 1.165) is 10.8 Å². The Kier molecular flexibility index (Phi) is 7.76. The predicted molar refractivity (Wildman–Crippen MR) is 63.4 cm³/mol. The Labute approximate surface area is 106 Å². The van der Waals surface area contributed by atoms with Crippen LogP contribution in [0.5, 0.6) is 0 Å². The van der Waals surface area contributed by atoms with Crippen molar-refractivity contribution < 1.29 is 21.6 Å². The lowest BCUT2D eigenvalue weighted by molar-refractivity contribution is -0.132. The minimum Gasteiger partial charge on any atom is -0.317 e. The van der Waals surface area contributed by atoms with Crippen LogP contribution in [-0.4, -0.2) is 52.1 Å². The fraction of sp³-hybridized carbons (Fsp3) is 1.00. The zero-order valence-electron chi connectivity index (χ0n) is 10.5. The van der Waals surface area contributed by atoms with Crippen LogP contribution in [0.1, 0.15) is 19.8 Å². The zero-order valence-corrected chi connectivity index (χ0v) is 11.4. The molecule has 0 aliphatic heterocycles. The van der Waals surface area contributed by atoms with Crippen molar-refractivity contribution in [1.82, 2.24) is 14.3 Å². The van der Waals surface area contributed by atoms with Gasteiger partial charge in [0.05, 0.1) is 6.42 Å². The van der Waals surface area contributed by atoms with Gasteiger partial charge in [-0.15, -0.1) is 0 Å². The second-order valence-corrected chi connectivity index (χ2v) is 5.66. The third-order valence-electron chi connectivity index (χ3n) is 2.18. The van der Waals surface area contributed by atoms with E-state index in [2.05, 4.69) is 5.32 Å². The Morgan fingerprint density at radius 3 is 2.33 bits per heavy atom. The first kappa shape index (κ1) is 17.6. The summed E-state index contributed by atoms with van der Waals surface area (Å²) >= 11 is 0. The Bertz CT molecular complexity index is 320. The third kappa shape index (κ3) is 8.67. The van der Waals surface area contributed by atoms with Crippen molar-refractivity contribution in [2.45, 2.75) is 25.9 Å². The van der Waals surface area contributed by atoms with Crippen molar-refractivity contribution in [2.24, 2.45) is 0 Å². The molecule has 0 bridgehead atoms. The van der Waals surface area contributed by atoms with Crippen LogP contribution in [0.2, 0.25) is 0 Å². The van der Waals surface area contributed by atoms with E-state index in [9.17, 15) is 21.6 Å². The van der Waals surface area contributed by atoms with Gasteiger partial charge in [0, 0.05) is 20.1 Å². The lowest BCUT2D eigenvalue weighted by Crippen LogP contribution is -2.40. The predicted octanol–water partition coefficient (Wildman–Crippen LogP) is 0.705. The number of halogens is 3. The van der Waals surface area contributed by atoms with Crippen LogP contribution in [0.25, 0.3) is 0 Å². The minimum atomic E-state index is -4.36. The molecule has 0 saturated heterocycles. The highest BCUT2D eigenvalue weighted by Gasteiger charge is 2.27. The summed E-state index contributed by atoms with van der Waals surface area (Å²) in [7, 11) is -2.48. The van der Waals surface area contributed by atoms with Crippen molar-refractivity contribution in [1.29, 1.82) is 0 Å². The highest BCUT2D eigenvalue weighted by atomic mass is 32.2. The Morgan fingerprint density at radius 2 is 1.83 bits per heavy atom. The molecule has 110 valence electrons. The average Bonchev–Trinajstić information content (AvgIpc) is 2.21. The molecule has 9 heteroatoms. The summed E-state index contributed by atoms with van der Waals surface area (Å²) in [6, 6.07) is 0. The van der Waals surface area contributed by atoms with Gasteiger partial charge >= 0.3 is 6.18 Å². The first-order chi connectivity index (χ1) is 8.19. The van der Waals surface area contributed by atoms with Crippen LogP contribution in [0.3, 0.4) is 0 Å². The molecule has 0 aromatic heterocycles. The Morgan fingerprint density at radius 1 is 1.22 bits per heavy atom. The molecule has 18 heavy (non-hydrogen) atoms. The van der Waals surface area contributed by atoms with Gasteiger partial charge in [-0.1, -0.05) is 6.92 Å². The average molecular weight is 291 g/mol.